The fourth-order valence-electron chi connectivity index (χ4n) is 2.70. The van der Waals surface area contributed by atoms with Crippen LogP contribution < -0.4 is 0 Å². The second kappa shape index (κ2) is 5.70. The van der Waals surface area contributed by atoms with E-state index in [2.05, 4.69) is 10.1 Å². The largest absolute Gasteiger partial charge is 0.431 e. The lowest BCUT2D eigenvalue weighted by Crippen LogP contribution is -2.41. The lowest BCUT2D eigenvalue weighted by Gasteiger charge is -2.21. The topological polar surface area (TPSA) is 84.8 Å². The number of hydrazone groups is 1. The average molecular weight is 389 g/mol. The zero-order chi connectivity index (χ0) is 20.2. The molecular formula is C15H9F6N5O. The van der Waals surface area contributed by atoms with Crippen molar-refractivity contribution >= 4 is 23.3 Å². The highest BCUT2D eigenvalue weighted by Gasteiger charge is 2.57. The van der Waals surface area contributed by atoms with Gasteiger partial charge >= 0.3 is 18.4 Å². The first-order valence-corrected chi connectivity index (χ1v) is 7.28. The summed E-state index contributed by atoms with van der Waals surface area (Å²) >= 11 is 0. The van der Waals surface area contributed by atoms with Crippen molar-refractivity contribution in [1.29, 1.82) is 10.7 Å². The summed E-state index contributed by atoms with van der Waals surface area (Å²) in [6.07, 6.45) is -10.2. The number of halogens is 6. The van der Waals surface area contributed by atoms with Crippen molar-refractivity contribution in [3.8, 4) is 6.07 Å². The van der Waals surface area contributed by atoms with Crippen molar-refractivity contribution in [3.63, 3.8) is 0 Å². The fraction of sp³-hybridized carbons (Fsp3) is 0.333. The Labute approximate surface area is 147 Å². The van der Waals surface area contributed by atoms with Gasteiger partial charge in [0, 0.05) is 6.42 Å². The van der Waals surface area contributed by atoms with Gasteiger partial charge in [0.25, 0.3) is 0 Å². The Morgan fingerprint density at radius 1 is 1.26 bits per heavy atom. The number of amidine groups is 1. The molecule has 1 N–H and O–H groups in total. The van der Waals surface area contributed by atoms with Gasteiger partial charge in [0.15, 0.2) is 0 Å². The molecule has 0 aliphatic carbocycles. The molecule has 0 radical (unpaired) electrons. The Kier molecular flexibility index (Phi) is 3.94. The SMILES string of the molecule is CC12CC(C(F)(F)F)=NN1C(=N)O/C2=N\c1ccc(C#N)c(C(F)(F)F)c1. The second-order valence-corrected chi connectivity index (χ2v) is 5.97. The lowest BCUT2D eigenvalue weighted by atomic mass is 9.96. The summed E-state index contributed by atoms with van der Waals surface area (Å²) < 4.78 is 82.9. The molecule has 2 aliphatic rings. The van der Waals surface area contributed by atoms with Crippen LogP contribution in [0, 0.1) is 16.7 Å². The number of hydrogen-bond donors (Lipinski definition) is 1. The van der Waals surface area contributed by atoms with Crippen LogP contribution in [0.15, 0.2) is 28.3 Å². The van der Waals surface area contributed by atoms with Gasteiger partial charge < -0.3 is 4.74 Å². The van der Waals surface area contributed by atoms with Crippen LogP contribution >= 0.6 is 0 Å². The van der Waals surface area contributed by atoms with E-state index < -0.39 is 53.1 Å². The first-order chi connectivity index (χ1) is 12.4. The van der Waals surface area contributed by atoms with Gasteiger partial charge in [-0.05, 0) is 25.1 Å². The summed E-state index contributed by atoms with van der Waals surface area (Å²) in [5.41, 5.74) is -4.88. The van der Waals surface area contributed by atoms with E-state index in [0.717, 1.165) is 12.1 Å². The van der Waals surface area contributed by atoms with Crippen LogP contribution in [0.5, 0.6) is 0 Å². The fourth-order valence-corrected chi connectivity index (χ4v) is 2.70. The number of hydrogen-bond acceptors (Lipinski definition) is 5. The van der Waals surface area contributed by atoms with Gasteiger partial charge in [-0.15, -0.1) is 0 Å². The maximum atomic E-state index is 13.0. The van der Waals surface area contributed by atoms with Gasteiger partial charge in [0.05, 0.1) is 22.9 Å². The van der Waals surface area contributed by atoms with E-state index in [9.17, 15) is 26.3 Å². The van der Waals surface area contributed by atoms with E-state index in [4.69, 9.17) is 15.4 Å². The van der Waals surface area contributed by atoms with E-state index in [1.165, 1.54) is 13.0 Å². The van der Waals surface area contributed by atoms with Crippen molar-refractivity contribution < 1.29 is 31.1 Å². The number of aliphatic imine (C=N–C) groups is 1. The standard InChI is InChI=1S/C15H9F6N5O/c1-13-5-10(15(19,20)21)25-26(13)12(23)27-11(13)24-8-3-2-7(6-22)9(4-8)14(16,17)18/h2-4,23H,5H2,1H3/b23-12?,24-11-. The zero-order valence-electron chi connectivity index (χ0n) is 13.4. The Bertz CT molecular complexity index is 926. The summed E-state index contributed by atoms with van der Waals surface area (Å²) in [5.74, 6) is -0.395. The quantitative estimate of drug-likeness (QED) is 0.738. The molecule has 0 spiro atoms. The smallest absolute Gasteiger partial charge is 0.407 e. The number of nitrogens with one attached hydrogen (secondary N) is 1. The number of fused-ring (bicyclic) bond motifs is 1. The third kappa shape index (κ3) is 3.09. The van der Waals surface area contributed by atoms with E-state index in [0.29, 0.717) is 11.1 Å². The van der Waals surface area contributed by atoms with Gasteiger partial charge in [0.1, 0.15) is 11.3 Å². The summed E-state index contributed by atoms with van der Waals surface area (Å²) in [6.45, 7) is 1.28. The van der Waals surface area contributed by atoms with Gasteiger partial charge in [-0.3, -0.25) is 0 Å². The van der Waals surface area contributed by atoms with E-state index >= 15 is 0 Å². The highest BCUT2D eigenvalue weighted by atomic mass is 19.4. The number of ether oxygens (including phenoxy) is 1. The molecule has 142 valence electrons. The molecule has 6 nitrogen and oxygen atoms in total. The van der Waals surface area contributed by atoms with Gasteiger partial charge in [0.2, 0.25) is 5.90 Å². The van der Waals surface area contributed by atoms with Crippen molar-refractivity contribution in [1.82, 2.24) is 5.01 Å². The Morgan fingerprint density at radius 2 is 1.93 bits per heavy atom. The molecule has 0 bridgehead atoms. The molecule has 12 heteroatoms. The van der Waals surface area contributed by atoms with E-state index in [1.54, 1.807) is 0 Å². The molecule has 1 saturated heterocycles. The monoisotopic (exact) mass is 389 g/mol. The van der Waals surface area contributed by atoms with Crippen LogP contribution in [-0.2, 0) is 10.9 Å². The first kappa shape index (κ1) is 18.7. The number of nitrogens with zero attached hydrogens (tertiary/aromatic N) is 4. The number of alkyl halides is 6. The van der Waals surface area contributed by atoms with Crippen LogP contribution in [-0.4, -0.2) is 34.4 Å². The maximum absolute atomic E-state index is 13.0. The van der Waals surface area contributed by atoms with Crippen LogP contribution in [0.3, 0.4) is 0 Å². The number of nitriles is 1. The maximum Gasteiger partial charge on any atom is 0.431 e. The molecule has 1 aromatic carbocycles. The third-order valence-electron chi connectivity index (χ3n) is 4.03. The highest BCUT2D eigenvalue weighted by Crippen LogP contribution is 2.41. The lowest BCUT2D eigenvalue weighted by molar-refractivity contribution is -0.137. The molecule has 1 atom stereocenters. The minimum absolute atomic E-state index is 0.285. The predicted octanol–water partition coefficient (Wildman–Crippen LogP) is 3.95. The van der Waals surface area contributed by atoms with Crippen molar-refractivity contribution in [3.05, 3.63) is 29.3 Å². The molecule has 1 unspecified atom stereocenters. The van der Waals surface area contributed by atoms with Crippen LogP contribution in [0.2, 0.25) is 0 Å². The average Bonchev–Trinajstić information content (AvgIpc) is 3.01. The molecule has 1 aromatic rings. The molecule has 2 heterocycles. The third-order valence-corrected chi connectivity index (χ3v) is 4.03. The summed E-state index contributed by atoms with van der Waals surface area (Å²) in [4.78, 5) is 3.85. The van der Waals surface area contributed by atoms with Gasteiger partial charge in [-0.1, -0.05) is 0 Å². The summed E-state index contributed by atoms with van der Waals surface area (Å²) in [6, 6.07) is 3.27. The van der Waals surface area contributed by atoms with Gasteiger partial charge in [-0.25, -0.2) is 15.4 Å². The van der Waals surface area contributed by atoms with Crippen molar-refractivity contribution in [2.24, 2.45) is 10.1 Å². The van der Waals surface area contributed by atoms with Crippen LogP contribution in [0.1, 0.15) is 24.5 Å². The van der Waals surface area contributed by atoms with Crippen LogP contribution in [0.25, 0.3) is 0 Å². The minimum atomic E-state index is -4.82. The summed E-state index contributed by atoms with van der Waals surface area (Å²) in [7, 11) is 0. The molecule has 0 aromatic heterocycles. The number of rotatable bonds is 1. The molecule has 3 rings (SSSR count). The first-order valence-electron chi connectivity index (χ1n) is 7.28. The van der Waals surface area contributed by atoms with Crippen molar-refractivity contribution in [2.45, 2.75) is 31.2 Å². The Hall–Kier alpha value is -3.10. The molecule has 27 heavy (non-hydrogen) atoms. The molecule has 2 aliphatic heterocycles. The normalized spacial score (nSPS) is 23.9. The minimum Gasteiger partial charge on any atom is -0.407 e. The highest BCUT2D eigenvalue weighted by molar-refractivity contribution is 6.09. The van der Waals surface area contributed by atoms with Gasteiger partial charge in [-0.2, -0.15) is 36.7 Å². The molecule has 0 amide bonds. The molecule has 0 saturated carbocycles. The van der Waals surface area contributed by atoms with Crippen LogP contribution in [0.4, 0.5) is 32.0 Å². The zero-order valence-corrected chi connectivity index (χ0v) is 13.4. The second-order valence-electron chi connectivity index (χ2n) is 5.97. The van der Waals surface area contributed by atoms with Crippen molar-refractivity contribution in [2.75, 3.05) is 0 Å². The number of benzene rings is 1. The predicted molar refractivity (Wildman–Crippen MR) is 80.4 cm³/mol. The Balaban J connectivity index is 2.03. The van der Waals surface area contributed by atoms with E-state index in [1.807, 2.05) is 0 Å². The Morgan fingerprint density at radius 3 is 2.48 bits per heavy atom. The molecular weight excluding hydrogens is 380 g/mol. The summed E-state index contributed by atoms with van der Waals surface area (Å²) in [5, 5.41) is 20.4. The molecule has 1 fully saturated rings. The van der Waals surface area contributed by atoms with E-state index in [-0.39, 0.29) is 5.69 Å².